The Bertz CT molecular complexity index is 1490. The van der Waals surface area contributed by atoms with Crippen LogP contribution in [-0.2, 0) is 57.1 Å². The van der Waals surface area contributed by atoms with Crippen molar-refractivity contribution in [3.05, 3.63) is 24.3 Å². The molecular weight excluding hydrogens is 1160 g/mol. The Hall–Kier alpha value is -2.80. The van der Waals surface area contributed by atoms with E-state index in [0.717, 1.165) is 128 Å². The Morgan fingerprint density at radius 1 is 0.237 bits per heavy atom. The molecule has 0 saturated carbocycles. The van der Waals surface area contributed by atoms with Gasteiger partial charge in [0.1, 0.15) is 32.2 Å². The zero-order valence-corrected chi connectivity index (χ0v) is 61.7. The fraction of sp³-hybridized carbons (Fsp3) is 0.901. The van der Waals surface area contributed by atoms with Crippen LogP contribution in [0.1, 0.15) is 400 Å². The first-order chi connectivity index (χ1) is 45.9. The van der Waals surface area contributed by atoms with Gasteiger partial charge in [-0.2, -0.15) is 0 Å². The van der Waals surface area contributed by atoms with E-state index < -0.39 is 0 Å². The average molecular weight is 1320 g/mol. The molecule has 0 spiro atoms. The number of rotatable bonds is 78. The van der Waals surface area contributed by atoms with Gasteiger partial charge in [0.15, 0.2) is 0 Å². The highest BCUT2D eigenvalue weighted by Crippen LogP contribution is 2.22. The van der Waals surface area contributed by atoms with E-state index in [2.05, 4.69) is 52.0 Å². The first-order valence-electron chi connectivity index (χ1n) is 40.2. The monoisotopic (exact) mass is 1320 g/mol. The molecule has 0 fully saturated rings. The largest absolute Gasteiger partial charge is 0.463 e. The minimum absolute atomic E-state index is 0.0188. The molecule has 93 heavy (non-hydrogen) atoms. The maximum atomic E-state index is 12.9. The Labute approximate surface area is 574 Å². The molecule has 0 amide bonds. The molecule has 0 saturated heterocycles. The Balaban J connectivity index is 3.97. The van der Waals surface area contributed by atoms with Crippen molar-refractivity contribution in [2.24, 2.45) is 0 Å². The SMILES string of the molecule is CCCCCCCC/C=C/CCCCCCCC(=O)OC(CCCCCCCCC)CCCCCCCC(=O)OCCOCCOCOCCOCCOC(=O)CCCCCCCC(CCCCCCCCC)OC(=O)CCCCCCC/C=C/CCCCCCCC. The number of unbranched alkanes of at least 4 members (excludes halogenated alkanes) is 42. The van der Waals surface area contributed by atoms with Crippen LogP contribution < -0.4 is 0 Å². The van der Waals surface area contributed by atoms with Gasteiger partial charge < -0.3 is 37.9 Å². The molecule has 2 unspecified atom stereocenters. The summed E-state index contributed by atoms with van der Waals surface area (Å²) < 4.78 is 44.9. The van der Waals surface area contributed by atoms with Crippen LogP contribution in [0.4, 0.5) is 0 Å². The van der Waals surface area contributed by atoms with Crippen LogP contribution in [-0.4, -0.2) is 95.7 Å². The molecule has 12 nitrogen and oxygen atoms in total. The Kier molecular flexibility index (Phi) is 75.8. The summed E-state index contributed by atoms with van der Waals surface area (Å²) in [4.78, 5) is 50.3. The van der Waals surface area contributed by atoms with Crippen LogP contribution >= 0.6 is 0 Å². The lowest BCUT2D eigenvalue weighted by Gasteiger charge is -2.18. The predicted octanol–water partition coefficient (Wildman–Crippen LogP) is 23.7. The van der Waals surface area contributed by atoms with Gasteiger partial charge in [0.25, 0.3) is 0 Å². The van der Waals surface area contributed by atoms with Crippen molar-refractivity contribution in [3.8, 4) is 0 Å². The highest BCUT2D eigenvalue weighted by Gasteiger charge is 2.17. The van der Waals surface area contributed by atoms with Gasteiger partial charge >= 0.3 is 23.9 Å². The molecule has 0 heterocycles. The Morgan fingerprint density at radius 3 is 0.731 bits per heavy atom. The molecule has 0 aliphatic carbocycles. The van der Waals surface area contributed by atoms with Crippen LogP contribution in [0.25, 0.3) is 0 Å². The van der Waals surface area contributed by atoms with Crippen molar-refractivity contribution in [1.29, 1.82) is 0 Å². The van der Waals surface area contributed by atoms with Gasteiger partial charge in [-0.3, -0.25) is 19.2 Å². The van der Waals surface area contributed by atoms with E-state index in [0.29, 0.717) is 65.3 Å². The first-order valence-corrected chi connectivity index (χ1v) is 40.2. The van der Waals surface area contributed by atoms with Crippen LogP contribution in [0.2, 0.25) is 0 Å². The van der Waals surface area contributed by atoms with Crippen molar-refractivity contribution in [2.45, 2.75) is 412 Å². The van der Waals surface area contributed by atoms with Gasteiger partial charge in [0.05, 0.1) is 39.6 Å². The van der Waals surface area contributed by atoms with Crippen molar-refractivity contribution >= 4 is 23.9 Å². The summed E-state index contributed by atoms with van der Waals surface area (Å²) in [6, 6.07) is 0. The maximum Gasteiger partial charge on any atom is 0.306 e. The fourth-order valence-corrected chi connectivity index (χ4v) is 11.9. The molecule has 0 aliphatic heterocycles. The summed E-state index contributed by atoms with van der Waals surface area (Å²) in [5, 5.41) is 0. The summed E-state index contributed by atoms with van der Waals surface area (Å²) in [5.74, 6) is -0.420. The van der Waals surface area contributed by atoms with Gasteiger partial charge in [-0.25, -0.2) is 0 Å². The zero-order valence-electron chi connectivity index (χ0n) is 61.7. The number of ether oxygens (including phenoxy) is 8. The molecule has 0 aromatic heterocycles. The lowest BCUT2D eigenvalue weighted by molar-refractivity contribution is -0.151. The van der Waals surface area contributed by atoms with E-state index in [1.54, 1.807) is 0 Å². The van der Waals surface area contributed by atoms with Gasteiger partial charge in [0.2, 0.25) is 0 Å². The number of carbonyl (C=O) groups excluding carboxylic acids is 4. The molecule has 12 heteroatoms. The molecule has 0 radical (unpaired) electrons. The topological polar surface area (TPSA) is 142 Å². The smallest absolute Gasteiger partial charge is 0.306 e. The van der Waals surface area contributed by atoms with Crippen LogP contribution in [0.5, 0.6) is 0 Å². The summed E-state index contributed by atoms with van der Waals surface area (Å²) in [7, 11) is 0. The third-order valence-electron chi connectivity index (χ3n) is 17.8. The number of hydrogen-bond acceptors (Lipinski definition) is 12. The molecule has 0 aliphatic rings. The third kappa shape index (κ3) is 74.8. The zero-order chi connectivity index (χ0) is 67.3. The molecule has 0 aromatic carbocycles. The minimum atomic E-state index is -0.191. The van der Waals surface area contributed by atoms with E-state index in [9.17, 15) is 19.2 Å². The van der Waals surface area contributed by atoms with E-state index in [4.69, 9.17) is 37.9 Å². The second-order valence-corrected chi connectivity index (χ2v) is 26.9. The quantitative estimate of drug-likeness (QED) is 0.0188. The number of carbonyl (C=O) groups is 4. The van der Waals surface area contributed by atoms with E-state index in [-0.39, 0.29) is 56.1 Å². The van der Waals surface area contributed by atoms with Crippen molar-refractivity contribution in [1.82, 2.24) is 0 Å². The van der Waals surface area contributed by atoms with Gasteiger partial charge in [-0.05, 0) is 128 Å². The lowest BCUT2D eigenvalue weighted by atomic mass is 10.0. The standard InChI is InChI=1S/C81H152O12/c1-5-9-13-17-21-23-25-27-29-31-33-35-39-47-57-65-80(84)92-76(59-51-43-37-19-15-11-7-3)61-53-45-41-49-55-63-78(82)90-73-71-86-67-69-88-75-89-70-68-87-72-74-91-79(83)64-56-50-42-46-54-62-77(60-52-44-38-20-16-12-8-4)93-81(85)66-58-48-40-36-34-32-30-28-26-24-22-18-14-10-6-2/h27-30,76-77H,5-26,31-75H2,1-4H3/b29-27+,30-28+. The minimum Gasteiger partial charge on any atom is -0.463 e. The third-order valence-corrected chi connectivity index (χ3v) is 17.8. The summed E-state index contributed by atoms with van der Waals surface area (Å²) >= 11 is 0. The van der Waals surface area contributed by atoms with Crippen LogP contribution in [0.3, 0.4) is 0 Å². The maximum absolute atomic E-state index is 12.9. The highest BCUT2D eigenvalue weighted by molar-refractivity contribution is 5.70. The van der Waals surface area contributed by atoms with Crippen molar-refractivity contribution in [2.75, 3.05) is 59.6 Å². The lowest BCUT2D eigenvalue weighted by Crippen LogP contribution is -2.18. The molecular formula is C81H152O12. The van der Waals surface area contributed by atoms with Gasteiger partial charge in [0, 0.05) is 25.7 Å². The number of allylic oxidation sites excluding steroid dienone is 4. The second-order valence-electron chi connectivity index (χ2n) is 26.9. The summed E-state index contributed by atoms with van der Waals surface area (Å²) in [6.07, 6.45) is 75.3. The first kappa shape index (κ1) is 90.2. The van der Waals surface area contributed by atoms with Gasteiger partial charge in [-0.1, -0.05) is 270 Å². The molecule has 0 rings (SSSR count). The van der Waals surface area contributed by atoms with Crippen LogP contribution in [0, 0.1) is 0 Å². The molecule has 0 aromatic rings. The van der Waals surface area contributed by atoms with E-state index in [1.165, 1.54) is 218 Å². The summed E-state index contributed by atoms with van der Waals surface area (Å²) in [5.41, 5.74) is 0. The van der Waals surface area contributed by atoms with E-state index >= 15 is 0 Å². The number of hydrogen-bond donors (Lipinski definition) is 0. The molecule has 548 valence electrons. The van der Waals surface area contributed by atoms with Crippen LogP contribution in [0.15, 0.2) is 24.3 Å². The van der Waals surface area contributed by atoms with E-state index in [1.807, 2.05) is 0 Å². The van der Waals surface area contributed by atoms with Crippen molar-refractivity contribution in [3.63, 3.8) is 0 Å². The Morgan fingerprint density at radius 2 is 0.452 bits per heavy atom. The fourth-order valence-electron chi connectivity index (χ4n) is 11.9. The molecule has 2 atom stereocenters. The number of esters is 4. The average Bonchev–Trinajstić information content (AvgIpc) is 3.67. The second kappa shape index (κ2) is 78.2. The van der Waals surface area contributed by atoms with Crippen molar-refractivity contribution < 1.29 is 57.1 Å². The highest BCUT2D eigenvalue weighted by atomic mass is 16.7. The normalized spacial score (nSPS) is 12.3. The summed E-state index contributed by atoms with van der Waals surface area (Å²) in [6.45, 7) is 11.7. The molecule has 0 N–H and O–H groups in total. The molecule has 0 bridgehead atoms. The predicted molar refractivity (Wildman–Crippen MR) is 389 cm³/mol. The van der Waals surface area contributed by atoms with Gasteiger partial charge in [-0.15, -0.1) is 0 Å².